The van der Waals surface area contributed by atoms with Gasteiger partial charge in [0.1, 0.15) is 0 Å². The quantitative estimate of drug-likeness (QED) is 0.797. The molecule has 1 fully saturated rings. The number of ether oxygens (including phenoxy) is 1. The van der Waals surface area contributed by atoms with Crippen LogP contribution in [0.25, 0.3) is 0 Å². The van der Waals surface area contributed by atoms with Crippen LogP contribution >= 0.6 is 0 Å². The Morgan fingerprint density at radius 2 is 2.07 bits per heavy atom. The maximum Gasteiger partial charge on any atom is 0.0782 e. The highest BCUT2D eigenvalue weighted by Crippen LogP contribution is 2.21. The molecule has 2 heteroatoms. The molecule has 2 rings (SSSR count). The summed E-state index contributed by atoms with van der Waals surface area (Å²) >= 11 is 0. The molecular weight excluding hydrogens is 186 g/mol. The van der Waals surface area contributed by atoms with Crippen molar-refractivity contribution < 1.29 is 4.74 Å². The predicted octanol–water partition coefficient (Wildman–Crippen LogP) is 2.00. The van der Waals surface area contributed by atoms with Crippen LogP contribution in [0.2, 0.25) is 0 Å². The summed E-state index contributed by atoms with van der Waals surface area (Å²) in [6.45, 7) is 6.10. The average Bonchev–Trinajstić information content (AvgIpc) is 2.23. The molecule has 0 aliphatic carbocycles. The fraction of sp³-hybridized carbons (Fsp3) is 0.538. The molecule has 1 atom stereocenters. The van der Waals surface area contributed by atoms with Crippen LogP contribution in [0.15, 0.2) is 30.3 Å². The molecule has 0 aromatic heterocycles. The Hall–Kier alpha value is -0.860. The highest BCUT2D eigenvalue weighted by Gasteiger charge is 2.32. The van der Waals surface area contributed by atoms with E-state index in [1.54, 1.807) is 0 Å². The monoisotopic (exact) mass is 205 g/mol. The largest absolute Gasteiger partial charge is 0.373 e. The van der Waals surface area contributed by atoms with Crippen LogP contribution in [0.5, 0.6) is 0 Å². The van der Waals surface area contributed by atoms with Crippen molar-refractivity contribution in [2.24, 2.45) is 0 Å². The SMILES string of the molecule is CC1(C)OCCNC1Cc1ccccc1. The molecule has 0 spiro atoms. The number of hydrogen-bond donors (Lipinski definition) is 1. The number of hydrogen-bond acceptors (Lipinski definition) is 2. The van der Waals surface area contributed by atoms with Crippen LogP contribution in [0, 0.1) is 0 Å². The van der Waals surface area contributed by atoms with Crippen LogP contribution in [0.4, 0.5) is 0 Å². The third-order valence-corrected chi connectivity index (χ3v) is 3.09. The molecule has 0 saturated carbocycles. The fourth-order valence-corrected chi connectivity index (χ4v) is 2.06. The molecule has 1 aromatic rings. The molecule has 1 N–H and O–H groups in total. The Morgan fingerprint density at radius 1 is 1.33 bits per heavy atom. The highest BCUT2D eigenvalue weighted by molar-refractivity contribution is 5.17. The van der Waals surface area contributed by atoms with Crippen LogP contribution in [0.1, 0.15) is 19.4 Å². The molecule has 1 saturated heterocycles. The minimum absolute atomic E-state index is 0.0614. The summed E-state index contributed by atoms with van der Waals surface area (Å²) in [4.78, 5) is 0. The lowest BCUT2D eigenvalue weighted by Gasteiger charge is -2.39. The Labute approximate surface area is 91.6 Å². The lowest BCUT2D eigenvalue weighted by molar-refractivity contribution is -0.0706. The van der Waals surface area contributed by atoms with Crippen molar-refractivity contribution in [3.63, 3.8) is 0 Å². The minimum atomic E-state index is -0.0614. The van der Waals surface area contributed by atoms with E-state index in [-0.39, 0.29) is 5.60 Å². The number of rotatable bonds is 2. The van der Waals surface area contributed by atoms with Gasteiger partial charge in [-0.15, -0.1) is 0 Å². The van der Waals surface area contributed by atoms with E-state index in [2.05, 4.69) is 49.5 Å². The summed E-state index contributed by atoms with van der Waals surface area (Å²) in [5.74, 6) is 0. The van der Waals surface area contributed by atoms with Gasteiger partial charge in [0.25, 0.3) is 0 Å². The first kappa shape index (κ1) is 10.7. The van der Waals surface area contributed by atoms with Gasteiger partial charge in [-0.25, -0.2) is 0 Å². The molecule has 1 aromatic carbocycles. The number of morpholine rings is 1. The molecule has 1 unspecified atom stereocenters. The zero-order valence-electron chi connectivity index (χ0n) is 9.49. The zero-order chi connectivity index (χ0) is 10.7. The first-order chi connectivity index (χ1) is 7.18. The van der Waals surface area contributed by atoms with Gasteiger partial charge in [-0.3, -0.25) is 0 Å². The molecule has 0 bridgehead atoms. The predicted molar refractivity (Wildman–Crippen MR) is 62.0 cm³/mol. The third kappa shape index (κ3) is 2.58. The van der Waals surface area contributed by atoms with Crippen LogP contribution in [0.3, 0.4) is 0 Å². The minimum Gasteiger partial charge on any atom is -0.373 e. The van der Waals surface area contributed by atoms with Crippen LogP contribution in [-0.4, -0.2) is 24.8 Å². The van der Waals surface area contributed by atoms with Crippen molar-refractivity contribution in [2.75, 3.05) is 13.2 Å². The maximum absolute atomic E-state index is 5.79. The van der Waals surface area contributed by atoms with Crippen molar-refractivity contribution in [3.8, 4) is 0 Å². The molecule has 1 aliphatic heterocycles. The molecule has 82 valence electrons. The second kappa shape index (κ2) is 4.33. The Bertz CT molecular complexity index is 308. The molecule has 1 heterocycles. The molecule has 0 amide bonds. The molecular formula is C13H19NO. The smallest absolute Gasteiger partial charge is 0.0782 e. The van der Waals surface area contributed by atoms with Crippen LogP contribution < -0.4 is 5.32 Å². The van der Waals surface area contributed by atoms with E-state index in [0.29, 0.717) is 6.04 Å². The van der Waals surface area contributed by atoms with Crippen molar-refractivity contribution >= 4 is 0 Å². The summed E-state index contributed by atoms with van der Waals surface area (Å²) in [6.07, 6.45) is 1.04. The molecule has 0 radical (unpaired) electrons. The van der Waals surface area contributed by atoms with E-state index in [0.717, 1.165) is 19.6 Å². The van der Waals surface area contributed by atoms with Gasteiger partial charge in [-0.1, -0.05) is 30.3 Å². The Morgan fingerprint density at radius 3 is 2.73 bits per heavy atom. The van der Waals surface area contributed by atoms with Crippen molar-refractivity contribution in [1.82, 2.24) is 5.32 Å². The summed E-state index contributed by atoms with van der Waals surface area (Å²) in [7, 11) is 0. The van der Waals surface area contributed by atoms with Gasteiger partial charge < -0.3 is 10.1 Å². The molecule has 1 aliphatic rings. The van der Waals surface area contributed by atoms with E-state index in [9.17, 15) is 0 Å². The van der Waals surface area contributed by atoms with Gasteiger partial charge in [0.15, 0.2) is 0 Å². The summed E-state index contributed by atoms with van der Waals surface area (Å²) in [6, 6.07) is 11.0. The van der Waals surface area contributed by atoms with Crippen molar-refractivity contribution in [2.45, 2.75) is 31.9 Å². The van der Waals surface area contributed by atoms with Crippen LogP contribution in [-0.2, 0) is 11.2 Å². The lowest BCUT2D eigenvalue weighted by Crippen LogP contribution is -2.55. The van der Waals surface area contributed by atoms with Gasteiger partial charge in [0, 0.05) is 12.6 Å². The number of benzene rings is 1. The maximum atomic E-state index is 5.79. The summed E-state index contributed by atoms with van der Waals surface area (Å²) in [5, 5.41) is 3.53. The third-order valence-electron chi connectivity index (χ3n) is 3.09. The highest BCUT2D eigenvalue weighted by atomic mass is 16.5. The van der Waals surface area contributed by atoms with E-state index < -0.39 is 0 Å². The number of nitrogens with one attached hydrogen (secondary N) is 1. The van der Waals surface area contributed by atoms with E-state index in [1.807, 2.05) is 0 Å². The first-order valence-electron chi connectivity index (χ1n) is 5.60. The van der Waals surface area contributed by atoms with Gasteiger partial charge in [0.05, 0.1) is 12.2 Å². The topological polar surface area (TPSA) is 21.3 Å². The van der Waals surface area contributed by atoms with E-state index in [4.69, 9.17) is 4.74 Å². The van der Waals surface area contributed by atoms with E-state index in [1.165, 1.54) is 5.56 Å². The fourth-order valence-electron chi connectivity index (χ4n) is 2.06. The lowest BCUT2D eigenvalue weighted by atomic mass is 9.91. The van der Waals surface area contributed by atoms with Gasteiger partial charge in [-0.05, 0) is 25.8 Å². The second-order valence-electron chi connectivity index (χ2n) is 4.65. The van der Waals surface area contributed by atoms with Crippen molar-refractivity contribution in [3.05, 3.63) is 35.9 Å². The average molecular weight is 205 g/mol. The summed E-state index contributed by atoms with van der Waals surface area (Å²) in [5.41, 5.74) is 1.31. The molecule has 15 heavy (non-hydrogen) atoms. The Kier molecular flexibility index (Phi) is 3.08. The standard InChI is InChI=1S/C13H19NO/c1-13(2)12(14-8-9-15-13)10-11-6-4-3-5-7-11/h3-7,12,14H,8-10H2,1-2H3. The van der Waals surface area contributed by atoms with Crippen molar-refractivity contribution in [1.29, 1.82) is 0 Å². The molecule has 2 nitrogen and oxygen atoms in total. The first-order valence-corrected chi connectivity index (χ1v) is 5.60. The van der Waals surface area contributed by atoms with Gasteiger partial charge in [0.2, 0.25) is 0 Å². The van der Waals surface area contributed by atoms with Gasteiger partial charge in [-0.2, -0.15) is 0 Å². The zero-order valence-corrected chi connectivity index (χ0v) is 9.49. The second-order valence-corrected chi connectivity index (χ2v) is 4.65. The normalized spacial score (nSPS) is 25.1. The van der Waals surface area contributed by atoms with E-state index >= 15 is 0 Å². The Balaban J connectivity index is 2.05. The summed E-state index contributed by atoms with van der Waals surface area (Å²) < 4.78 is 5.79. The van der Waals surface area contributed by atoms with Gasteiger partial charge >= 0.3 is 0 Å².